The van der Waals surface area contributed by atoms with Crippen molar-refractivity contribution >= 4 is 18.5 Å². The van der Waals surface area contributed by atoms with E-state index < -0.39 is 7.12 Å². The second-order valence-electron chi connectivity index (χ2n) is 11.8. The van der Waals surface area contributed by atoms with Gasteiger partial charge in [-0.3, -0.25) is 4.79 Å². The molecule has 5 heteroatoms. The Labute approximate surface area is 181 Å². The molecule has 1 N–H and O–H groups in total. The van der Waals surface area contributed by atoms with Gasteiger partial charge in [0.05, 0.1) is 11.2 Å². The van der Waals surface area contributed by atoms with Gasteiger partial charge >= 0.3 is 7.12 Å². The zero-order valence-corrected chi connectivity index (χ0v) is 19.2. The summed E-state index contributed by atoms with van der Waals surface area (Å²) in [6, 6.07) is 6.00. The molecular formula is C25H36BNO3. The van der Waals surface area contributed by atoms with Crippen LogP contribution >= 0.6 is 0 Å². The first-order chi connectivity index (χ1) is 14.1. The molecule has 0 aromatic heterocycles. The van der Waals surface area contributed by atoms with Crippen LogP contribution in [0.3, 0.4) is 0 Å². The molecule has 1 aromatic rings. The van der Waals surface area contributed by atoms with Crippen molar-refractivity contribution in [3.8, 4) is 0 Å². The number of amides is 1. The fraction of sp³-hybridized carbons (Fsp3) is 0.720. The molecule has 1 aromatic carbocycles. The third-order valence-corrected chi connectivity index (χ3v) is 8.82. The van der Waals surface area contributed by atoms with Crippen molar-refractivity contribution in [1.29, 1.82) is 0 Å². The minimum absolute atomic E-state index is 0.0432. The quantitative estimate of drug-likeness (QED) is 0.757. The van der Waals surface area contributed by atoms with Gasteiger partial charge in [-0.2, -0.15) is 0 Å². The normalized spacial score (nSPS) is 35.6. The molecule has 5 aliphatic rings. The molecule has 4 bridgehead atoms. The molecule has 1 aliphatic heterocycles. The highest BCUT2D eigenvalue weighted by molar-refractivity contribution is 6.62. The predicted molar refractivity (Wildman–Crippen MR) is 120 cm³/mol. The fourth-order valence-corrected chi connectivity index (χ4v) is 6.88. The SMILES string of the molecule is Cc1ccc(B2OC(C)(C)C(C)(C)O2)cc1C(=O)NCC12CC3CC(CC(C3)C1)C2. The van der Waals surface area contributed by atoms with E-state index in [1.165, 1.54) is 38.5 Å². The average Bonchev–Trinajstić information content (AvgIpc) is 2.86. The maximum atomic E-state index is 13.2. The van der Waals surface area contributed by atoms with Crippen LogP contribution in [0.2, 0.25) is 0 Å². The lowest BCUT2D eigenvalue weighted by Crippen LogP contribution is -2.51. The Balaban J connectivity index is 1.30. The lowest BCUT2D eigenvalue weighted by Gasteiger charge is -2.56. The number of hydrogen-bond donors (Lipinski definition) is 1. The molecule has 6 rings (SSSR count). The highest BCUT2D eigenvalue weighted by Gasteiger charge is 2.52. The van der Waals surface area contributed by atoms with Gasteiger partial charge in [-0.15, -0.1) is 0 Å². The fourth-order valence-electron chi connectivity index (χ4n) is 6.88. The highest BCUT2D eigenvalue weighted by atomic mass is 16.7. The van der Waals surface area contributed by atoms with Gasteiger partial charge in [0.25, 0.3) is 5.91 Å². The molecule has 0 unspecified atom stereocenters. The van der Waals surface area contributed by atoms with E-state index in [0.29, 0.717) is 5.41 Å². The minimum atomic E-state index is -0.440. The van der Waals surface area contributed by atoms with Crippen LogP contribution in [0.4, 0.5) is 0 Å². The number of rotatable bonds is 4. The number of benzene rings is 1. The van der Waals surface area contributed by atoms with Crippen LogP contribution in [-0.2, 0) is 9.31 Å². The van der Waals surface area contributed by atoms with Gasteiger partial charge in [0, 0.05) is 12.1 Å². The monoisotopic (exact) mass is 409 g/mol. The topological polar surface area (TPSA) is 47.6 Å². The summed E-state index contributed by atoms with van der Waals surface area (Å²) in [6.45, 7) is 11.1. The summed E-state index contributed by atoms with van der Waals surface area (Å²) in [4.78, 5) is 13.2. The van der Waals surface area contributed by atoms with Gasteiger partial charge in [0.1, 0.15) is 0 Å². The highest BCUT2D eigenvalue weighted by Crippen LogP contribution is 2.59. The molecule has 4 aliphatic carbocycles. The first-order valence-corrected chi connectivity index (χ1v) is 11.8. The Bertz CT molecular complexity index is 811. The van der Waals surface area contributed by atoms with Crippen molar-refractivity contribution < 1.29 is 14.1 Å². The zero-order valence-electron chi connectivity index (χ0n) is 19.2. The summed E-state index contributed by atoms with van der Waals surface area (Å²) < 4.78 is 12.4. The van der Waals surface area contributed by atoms with Gasteiger partial charge in [0.15, 0.2) is 0 Å². The van der Waals surface area contributed by atoms with Crippen molar-refractivity contribution in [2.75, 3.05) is 6.54 Å². The smallest absolute Gasteiger partial charge is 0.399 e. The molecule has 30 heavy (non-hydrogen) atoms. The van der Waals surface area contributed by atoms with Gasteiger partial charge in [0.2, 0.25) is 0 Å². The Kier molecular flexibility index (Phi) is 4.69. The van der Waals surface area contributed by atoms with Crippen molar-refractivity contribution in [3.05, 3.63) is 29.3 Å². The maximum absolute atomic E-state index is 13.2. The minimum Gasteiger partial charge on any atom is -0.399 e. The molecule has 4 nitrogen and oxygen atoms in total. The van der Waals surface area contributed by atoms with Gasteiger partial charge in [-0.1, -0.05) is 12.1 Å². The van der Waals surface area contributed by atoms with Gasteiger partial charge in [-0.25, -0.2) is 0 Å². The van der Waals surface area contributed by atoms with E-state index in [1.807, 2.05) is 25.1 Å². The number of aryl methyl sites for hydroxylation is 1. The van der Waals surface area contributed by atoms with E-state index in [0.717, 1.165) is 40.9 Å². The van der Waals surface area contributed by atoms with E-state index in [1.54, 1.807) is 0 Å². The number of nitrogens with one attached hydrogen (secondary N) is 1. The summed E-state index contributed by atoms with van der Waals surface area (Å²) in [5.41, 5.74) is 2.23. The summed E-state index contributed by atoms with van der Waals surface area (Å²) in [5.74, 6) is 2.76. The van der Waals surface area contributed by atoms with Crippen LogP contribution < -0.4 is 10.8 Å². The molecule has 0 atom stereocenters. The predicted octanol–water partition coefficient (Wildman–Crippen LogP) is 4.24. The Hall–Kier alpha value is -1.33. The van der Waals surface area contributed by atoms with Crippen molar-refractivity contribution in [1.82, 2.24) is 5.32 Å². The van der Waals surface area contributed by atoms with Gasteiger partial charge < -0.3 is 14.6 Å². The van der Waals surface area contributed by atoms with Crippen LogP contribution in [0.25, 0.3) is 0 Å². The molecule has 5 fully saturated rings. The van der Waals surface area contributed by atoms with E-state index in [4.69, 9.17) is 9.31 Å². The van der Waals surface area contributed by atoms with Gasteiger partial charge in [-0.05, 0) is 113 Å². The summed E-state index contributed by atoms with van der Waals surface area (Å²) in [7, 11) is -0.440. The van der Waals surface area contributed by atoms with E-state index in [-0.39, 0.29) is 17.1 Å². The molecule has 1 saturated heterocycles. The lowest BCUT2D eigenvalue weighted by atomic mass is 9.49. The molecule has 1 heterocycles. The van der Waals surface area contributed by atoms with E-state index in [9.17, 15) is 4.79 Å². The Morgan fingerprint density at radius 3 is 2.07 bits per heavy atom. The molecule has 0 spiro atoms. The Morgan fingerprint density at radius 1 is 1.00 bits per heavy atom. The van der Waals surface area contributed by atoms with Crippen molar-refractivity contribution in [3.63, 3.8) is 0 Å². The molecule has 162 valence electrons. The Morgan fingerprint density at radius 2 is 1.53 bits per heavy atom. The molecule has 4 saturated carbocycles. The molecule has 1 amide bonds. The van der Waals surface area contributed by atoms with Crippen LogP contribution in [0.5, 0.6) is 0 Å². The molecular weight excluding hydrogens is 373 g/mol. The van der Waals surface area contributed by atoms with Crippen LogP contribution in [0, 0.1) is 30.1 Å². The van der Waals surface area contributed by atoms with E-state index >= 15 is 0 Å². The zero-order chi connectivity index (χ0) is 21.3. The third kappa shape index (κ3) is 3.42. The molecule has 0 radical (unpaired) electrons. The summed E-state index contributed by atoms with van der Waals surface area (Å²) in [5, 5.41) is 3.33. The van der Waals surface area contributed by atoms with Crippen LogP contribution in [0.15, 0.2) is 18.2 Å². The second kappa shape index (κ2) is 6.84. The average molecular weight is 409 g/mol. The largest absolute Gasteiger partial charge is 0.494 e. The standard InChI is InChI=1S/C25H36BNO3/c1-16-6-7-20(26-29-23(2,3)24(4,5)30-26)11-21(16)22(28)27-15-25-12-17-8-18(13-25)10-19(9-17)14-25/h6-7,11,17-19H,8-10,12-15H2,1-5H3,(H,27,28). The second-order valence-corrected chi connectivity index (χ2v) is 11.8. The first-order valence-electron chi connectivity index (χ1n) is 11.8. The van der Waals surface area contributed by atoms with Crippen molar-refractivity contribution in [2.24, 2.45) is 23.2 Å². The maximum Gasteiger partial charge on any atom is 0.494 e. The summed E-state index contributed by atoms with van der Waals surface area (Å²) >= 11 is 0. The van der Waals surface area contributed by atoms with Crippen LogP contribution in [-0.4, -0.2) is 30.8 Å². The summed E-state index contributed by atoms with van der Waals surface area (Å²) in [6.07, 6.45) is 8.23. The number of hydrogen-bond acceptors (Lipinski definition) is 3. The number of carbonyl (C=O) groups excluding carboxylic acids is 1. The van der Waals surface area contributed by atoms with Crippen LogP contribution in [0.1, 0.15) is 82.1 Å². The first kappa shape index (κ1) is 20.6. The third-order valence-electron chi connectivity index (χ3n) is 8.82. The van der Waals surface area contributed by atoms with Crippen molar-refractivity contribution in [2.45, 2.75) is 84.3 Å². The number of carbonyl (C=O) groups is 1. The van der Waals surface area contributed by atoms with E-state index in [2.05, 4.69) is 33.0 Å². The lowest BCUT2D eigenvalue weighted by molar-refractivity contribution is -0.0503.